The van der Waals surface area contributed by atoms with Crippen LogP contribution in [0.4, 0.5) is 21.2 Å². The van der Waals surface area contributed by atoms with Gasteiger partial charge in [-0.15, -0.1) is 22.7 Å². The van der Waals surface area contributed by atoms with Gasteiger partial charge in [-0.05, 0) is 44.9 Å². The van der Waals surface area contributed by atoms with Gasteiger partial charge in [0.15, 0.2) is 16.8 Å². The zero-order valence-electron chi connectivity index (χ0n) is 21.3. The number of carbonyl (C=O) groups is 1. The van der Waals surface area contributed by atoms with E-state index in [0.29, 0.717) is 29.6 Å². The molecule has 4 aromatic rings. The van der Waals surface area contributed by atoms with E-state index in [1.165, 1.54) is 11.3 Å². The van der Waals surface area contributed by atoms with Crippen LogP contribution < -0.4 is 10.2 Å². The van der Waals surface area contributed by atoms with E-state index in [4.69, 9.17) is 16.9 Å². The summed E-state index contributed by atoms with van der Waals surface area (Å²) < 4.78 is 14.8. The highest BCUT2D eigenvalue weighted by Gasteiger charge is 3.03. The van der Waals surface area contributed by atoms with E-state index in [2.05, 4.69) is 25.3 Å². The first-order valence-corrected chi connectivity index (χ1v) is 14.8. The molecule has 3 atom stereocenters. The van der Waals surface area contributed by atoms with E-state index >= 15 is 0 Å². The molecule has 0 radical (unpaired) electrons. The fourth-order valence-corrected chi connectivity index (χ4v) is 9.09. The number of carbonyl (C=O) groups excluding carboxylic acids is 1. The number of pyridine rings is 2. The molecule has 4 aromatic heterocycles. The molecule has 9 nitrogen and oxygen atoms in total. The molecular formula is C27H20ClFN8OS2. The number of piperazine rings is 1. The second-order valence-corrected chi connectivity index (χ2v) is 13.4. The van der Waals surface area contributed by atoms with Gasteiger partial charge in [-0.3, -0.25) is 4.79 Å². The van der Waals surface area contributed by atoms with Crippen LogP contribution in [-0.2, 0) is 0 Å². The Labute approximate surface area is 241 Å². The Kier molecular flexibility index (Phi) is 4.68. The highest BCUT2D eigenvalue weighted by Crippen LogP contribution is 2.94. The summed E-state index contributed by atoms with van der Waals surface area (Å²) in [6.07, 6.45) is 3.42. The van der Waals surface area contributed by atoms with Crippen molar-refractivity contribution in [1.82, 2.24) is 24.8 Å². The molecule has 7 heterocycles. The Balaban J connectivity index is 0.991. The topological polar surface area (TPSA) is 111 Å². The third-order valence-electron chi connectivity index (χ3n) is 8.90. The van der Waals surface area contributed by atoms with Gasteiger partial charge < -0.3 is 15.1 Å². The van der Waals surface area contributed by atoms with Crippen molar-refractivity contribution in [1.29, 1.82) is 5.26 Å². The van der Waals surface area contributed by atoms with Crippen LogP contribution in [0, 0.1) is 36.4 Å². The van der Waals surface area contributed by atoms with E-state index in [-0.39, 0.29) is 38.9 Å². The second kappa shape index (κ2) is 7.75. The van der Waals surface area contributed by atoms with Crippen LogP contribution in [0.25, 0.3) is 10.6 Å². The third-order valence-corrected chi connectivity index (χ3v) is 11.0. The first kappa shape index (κ1) is 24.2. The van der Waals surface area contributed by atoms with Crippen LogP contribution in [0.3, 0.4) is 0 Å². The summed E-state index contributed by atoms with van der Waals surface area (Å²) in [6, 6.07) is 6.57. The van der Waals surface area contributed by atoms with Gasteiger partial charge >= 0.3 is 0 Å². The molecule has 2 aliphatic carbocycles. The minimum Gasteiger partial charge on any atom is -0.349 e. The van der Waals surface area contributed by atoms with Crippen LogP contribution in [0.15, 0.2) is 29.8 Å². The van der Waals surface area contributed by atoms with Gasteiger partial charge in [0, 0.05) is 30.1 Å². The fourth-order valence-electron chi connectivity index (χ4n) is 7.25. The maximum atomic E-state index is 14.8. The minimum absolute atomic E-state index is 0.0103. The number of fused-ring (bicyclic) bond motifs is 2. The summed E-state index contributed by atoms with van der Waals surface area (Å²) in [5.74, 6) is 0.123. The summed E-state index contributed by atoms with van der Waals surface area (Å²) in [5.41, 5.74) is 1.88. The number of halogens is 2. The number of aromatic nitrogens is 4. The average Bonchev–Trinajstić information content (AvgIpc) is 3.46. The van der Waals surface area contributed by atoms with E-state index in [9.17, 15) is 9.18 Å². The second-order valence-electron chi connectivity index (χ2n) is 11.0. The fraction of sp³-hybridized carbons (Fsp3) is 0.333. The van der Waals surface area contributed by atoms with Gasteiger partial charge in [0.1, 0.15) is 17.0 Å². The smallest absolute Gasteiger partial charge is 0.256 e. The first-order valence-electron chi connectivity index (χ1n) is 12.7. The van der Waals surface area contributed by atoms with Crippen molar-refractivity contribution in [2.45, 2.75) is 37.8 Å². The lowest BCUT2D eigenvalue weighted by Crippen LogP contribution is -2.72. The summed E-state index contributed by atoms with van der Waals surface area (Å²) in [4.78, 5) is 36.5. The standard InChI is InChI=1S/C27H20ClFN8OS2/c1-13-20(40-14(2)32-13)18-8-39-24(33-18)34-19-4-3-15(7-31-19)23(38)37-26-9-25(26)10-27(25,37)12-36(11-26)22-17(29)5-16(6-30)21(28)35-22/h3-5,7-8H,9-12H2,1-2H3,(H,31,33,34)/t25?,26-,27?/m0/s1. The van der Waals surface area contributed by atoms with Crippen molar-refractivity contribution >= 4 is 56.9 Å². The first-order chi connectivity index (χ1) is 19.2. The zero-order valence-corrected chi connectivity index (χ0v) is 23.7. The maximum Gasteiger partial charge on any atom is 0.256 e. The van der Waals surface area contributed by atoms with Crippen LogP contribution in [0.2, 0.25) is 5.15 Å². The van der Waals surface area contributed by atoms with Crippen molar-refractivity contribution in [2.75, 3.05) is 23.3 Å². The minimum atomic E-state index is -0.572. The van der Waals surface area contributed by atoms with Crippen molar-refractivity contribution in [3.8, 4) is 16.6 Å². The maximum absolute atomic E-state index is 14.8. The molecule has 2 unspecified atom stereocenters. The number of hydrogen-bond acceptors (Lipinski definition) is 10. The number of thiazole rings is 2. The monoisotopic (exact) mass is 590 g/mol. The normalized spacial score (nSPS) is 26.9. The van der Waals surface area contributed by atoms with Crippen LogP contribution in [0.5, 0.6) is 0 Å². The van der Waals surface area contributed by atoms with Crippen molar-refractivity contribution < 1.29 is 9.18 Å². The number of hydrogen-bond donors (Lipinski definition) is 1. The van der Waals surface area contributed by atoms with E-state index in [1.54, 1.807) is 29.7 Å². The predicted octanol–water partition coefficient (Wildman–Crippen LogP) is 5.33. The molecule has 5 aliphatic rings. The molecule has 9 rings (SSSR count). The number of piperidine rings is 2. The Bertz CT molecular complexity index is 1790. The van der Waals surface area contributed by atoms with Gasteiger partial charge in [-0.25, -0.2) is 24.3 Å². The van der Waals surface area contributed by atoms with Gasteiger partial charge in [0.2, 0.25) is 0 Å². The van der Waals surface area contributed by atoms with Gasteiger partial charge in [-0.1, -0.05) is 11.6 Å². The number of aryl methyl sites for hydroxylation is 2. The average molecular weight is 591 g/mol. The molecule has 13 heteroatoms. The number of nitriles is 1. The number of anilines is 3. The summed E-state index contributed by atoms with van der Waals surface area (Å²) in [5, 5.41) is 16.1. The predicted molar refractivity (Wildman–Crippen MR) is 150 cm³/mol. The van der Waals surface area contributed by atoms with Gasteiger partial charge in [0.25, 0.3) is 5.91 Å². The highest BCUT2D eigenvalue weighted by molar-refractivity contribution is 7.16. The number of amides is 1. The molecule has 40 heavy (non-hydrogen) atoms. The molecule has 1 N–H and O–H groups in total. The molecule has 2 bridgehead atoms. The molecule has 3 saturated heterocycles. The van der Waals surface area contributed by atoms with Crippen molar-refractivity contribution in [3.05, 3.63) is 62.6 Å². The van der Waals surface area contributed by atoms with Gasteiger partial charge in [0.05, 0.1) is 43.5 Å². The summed E-state index contributed by atoms with van der Waals surface area (Å²) in [7, 11) is 0. The van der Waals surface area contributed by atoms with E-state index in [0.717, 1.165) is 40.2 Å². The summed E-state index contributed by atoms with van der Waals surface area (Å²) in [6.45, 7) is 4.95. The lowest BCUT2D eigenvalue weighted by molar-refractivity contribution is -0.00354. The molecule has 3 spiro atoms. The van der Waals surface area contributed by atoms with Crippen LogP contribution in [0.1, 0.15) is 39.5 Å². The SMILES string of the molecule is Cc1nc(C)c(-c2csc(Nc3ccc(C(=O)N4C56CN(c7nc(Cl)c(C#N)cc7F)C[C@]47CC57C6)cn3)n2)s1. The lowest BCUT2D eigenvalue weighted by atomic mass is 9.86. The molecular weight excluding hydrogens is 571 g/mol. The van der Waals surface area contributed by atoms with Crippen LogP contribution >= 0.6 is 34.3 Å². The molecule has 0 aromatic carbocycles. The Morgan fingerprint density at radius 2 is 1.98 bits per heavy atom. The van der Waals surface area contributed by atoms with E-state index in [1.807, 2.05) is 35.1 Å². The quantitative estimate of drug-likeness (QED) is 0.311. The molecule has 1 amide bonds. The number of nitrogens with one attached hydrogen (secondary N) is 1. The molecule has 2 saturated carbocycles. The zero-order chi connectivity index (χ0) is 27.6. The van der Waals surface area contributed by atoms with Crippen molar-refractivity contribution in [2.24, 2.45) is 5.41 Å². The molecule has 5 fully saturated rings. The van der Waals surface area contributed by atoms with E-state index < -0.39 is 5.82 Å². The summed E-state index contributed by atoms with van der Waals surface area (Å²) >= 11 is 9.22. The molecule has 3 aliphatic heterocycles. The Morgan fingerprint density at radius 1 is 1.20 bits per heavy atom. The number of nitrogens with zero attached hydrogens (tertiary/aromatic N) is 7. The van der Waals surface area contributed by atoms with Crippen LogP contribution in [-0.4, -0.2) is 54.9 Å². The highest BCUT2D eigenvalue weighted by atomic mass is 35.5. The largest absolute Gasteiger partial charge is 0.349 e. The Morgan fingerprint density at radius 3 is 2.62 bits per heavy atom. The van der Waals surface area contributed by atoms with Crippen molar-refractivity contribution in [3.63, 3.8) is 0 Å². The Hall–Kier alpha value is -3.66. The lowest BCUT2D eigenvalue weighted by Gasteiger charge is -2.56. The molecule has 200 valence electrons. The number of rotatable bonds is 5. The third kappa shape index (κ3) is 2.97. The van der Waals surface area contributed by atoms with Gasteiger partial charge in [-0.2, -0.15) is 5.26 Å².